The van der Waals surface area contributed by atoms with Gasteiger partial charge in [0, 0.05) is 45.0 Å². The number of anilines is 1. The van der Waals surface area contributed by atoms with Crippen molar-refractivity contribution >= 4 is 17.5 Å². The standard InChI is InChI=1S/C25H25FN4O2/c26-21-10-4-5-11-23(21)29-13-15-30(16-14-29)25(32)22(17-19-7-2-1-3-8-19)28-24(31)20-9-6-12-27-18-20/h1-12,18,22H,13-17H2,(H,28,31)/t22-/m0/s1. The molecule has 1 fully saturated rings. The van der Waals surface area contributed by atoms with E-state index in [-0.39, 0.29) is 17.6 Å². The number of pyridine rings is 1. The molecule has 2 heterocycles. The summed E-state index contributed by atoms with van der Waals surface area (Å²) in [6.45, 7) is 1.98. The predicted octanol–water partition coefficient (Wildman–Crippen LogP) is 2.91. The van der Waals surface area contributed by atoms with Crippen LogP contribution >= 0.6 is 0 Å². The van der Waals surface area contributed by atoms with Gasteiger partial charge in [-0.05, 0) is 29.8 Å². The molecule has 1 aliphatic rings. The molecule has 2 aromatic carbocycles. The van der Waals surface area contributed by atoms with E-state index < -0.39 is 6.04 Å². The lowest BCUT2D eigenvalue weighted by atomic mass is 10.0. The third-order valence-corrected chi connectivity index (χ3v) is 5.59. The van der Waals surface area contributed by atoms with Crippen molar-refractivity contribution in [3.05, 3.63) is 96.1 Å². The van der Waals surface area contributed by atoms with E-state index >= 15 is 0 Å². The van der Waals surface area contributed by atoms with Gasteiger partial charge in [0.25, 0.3) is 5.91 Å². The third-order valence-electron chi connectivity index (χ3n) is 5.59. The first-order valence-electron chi connectivity index (χ1n) is 10.6. The minimum Gasteiger partial charge on any atom is -0.366 e. The van der Waals surface area contributed by atoms with Gasteiger partial charge in [0.05, 0.1) is 11.3 Å². The van der Waals surface area contributed by atoms with Crippen LogP contribution in [0, 0.1) is 5.82 Å². The zero-order chi connectivity index (χ0) is 22.3. The maximum Gasteiger partial charge on any atom is 0.253 e. The van der Waals surface area contributed by atoms with E-state index in [9.17, 15) is 14.0 Å². The van der Waals surface area contributed by atoms with Crippen LogP contribution in [0.4, 0.5) is 10.1 Å². The first-order chi connectivity index (χ1) is 15.6. The molecule has 164 valence electrons. The molecule has 1 aromatic heterocycles. The maximum absolute atomic E-state index is 14.1. The lowest BCUT2D eigenvalue weighted by Crippen LogP contribution is -2.55. The Morgan fingerprint density at radius 3 is 2.34 bits per heavy atom. The molecule has 0 bridgehead atoms. The molecule has 0 radical (unpaired) electrons. The number of amides is 2. The summed E-state index contributed by atoms with van der Waals surface area (Å²) in [4.78, 5) is 33.8. The Balaban J connectivity index is 1.46. The van der Waals surface area contributed by atoms with Gasteiger partial charge in [0.2, 0.25) is 5.91 Å². The van der Waals surface area contributed by atoms with Crippen LogP contribution in [0.5, 0.6) is 0 Å². The number of aromatic nitrogens is 1. The van der Waals surface area contributed by atoms with E-state index in [4.69, 9.17) is 0 Å². The second-order valence-electron chi connectivity index (χ2n) is 7.72. The van der Waals surface area contributed by atoms with Crippen LogP contribution in [-0.2, 0) is 11.2 Å². The lowest BCUT2D eigenvalue weighted by Gasteiger charge is -2.37. The summed E-state index contributed by atoms with van der Waals surface area (Å²) < 4.78 is 14.1. The van der Waals surface area contributed by atoms with E-state index in [1.165, 1.54) is 12.3 Å². The summed E-state index contributed by atoms with van der Waals surface area (Å²) in [7, 11) is 0. The number of piperazine rings is 1. The summed E-state index contributed by atoms with van der Waals surface area (Å²) in [5, 5.41) is 2.89. The highest BCUT2D eigenvalue weighted by atomic mass is 19.1. The second-order valence-corrected chi connectivity index (χ2v) is 7.72. The first kappa shape index (κ1) is 21.5. The molecule has 1 saturated heterocycles. The van der Waals surface area contributed by atoms with Crippen molar-refractivity contribution in [3.8, 4) is 0 Å². The molecular formula is C25H25FN4O2. The SMILES string of the molecule is O=C(N[C@@H](Cc1ccccc1)C(=O)N1CCN(c2ccccc2F)CC1)c1cccnc1. The van der Waals surface area contributed by atoms with E-state index in [2.05, 4.69) is 10.3 Å². The smallest absolute Gasteiger partial charge is 0.253 e. The molecule has 0 spiro atoms. The van der Waals surface area contributed by atoms with E-state index in [0.29, 0.717) is 43.9 Å². The Hall–Kier alpha value is -3.74. The fourth-order valence-electron chi connectivity index (χ4n) is 3.88. The van der Waals surface area contributed by atoms with Crippen molar-refractivity contribution in [1.29, 1.82) is 0 Å². The Morgan fingerprint density at radius 2 is 1.66 bits per heavy atom. The lowest BCUT2D eigenvalue weighted by molar-refractivity contribution is -0.133. The first-order valence-corrected chi connectivity index (χ1v) is 10.6. The quantitative estimate of drug-likeness (QED) is 0.651. The number of nitrogens with one attached hydrogen (secondary N) is 1. The Kier molecular flexibility index (Phi) is 6.75. The molecule has 0 aliphatic carbocycles. The summed E-state index contributed by atoms with van der Waals surface area (Å²) in [6, 6.07) is 18.9. The summed E-state index contributed by atoms with van der Waals surface area (Å²) in [6.07, 6.45) is 3.46. The van der Waals surface area contributed by atoms with Crippen LogP contribution in [0.1, 0.15) is 15.9 Å². The summed E-state index contributed by atoms with van der Waals surface area (Å²) >= 11 is 0. The van der Waals surface area contributed by atoms with Gasteiger partial charge in [-0.1, -0.05) is 42.5 Å². The topological polar surface area (TPSA) is 65.5 Å². The molecule has 1 N–H and O–H groups in total. The van der Waals surface area contributed by atoms with Gasteiger partial charge in [-0.15, -0.1) is 0 Å². The molecule has 2 amide bonds. The molecule has 32 heavy (non-hydrogen) atoms. The third kappa shape index (κ3) is 5.11. The number of rotatable bonds is 6. The fraction of sp³-hybridized carbons (Fsp3) is 0.240. The van der Waals surface area contributed by atoms with Gasteiger partial charge in [-0.3, -0.25) is 14.6 Å². The van der Waals surface area contributed by atoms with Crippen LogP contribution in [0.25, 0.3) is 0 Å². The van der Waals surface area contributed by atoms with Crippen LogP contribution in [0.2, 0.25) is 0 Å². The molecule has 0 saturated carbocycles. The number of hydrogen-bond donors (Lipinski definition) is 1. The van der Waals surface area contributed by atoms with Crippen molar-refractivity contribution in [2.45, 2.75) is 12.5 Å². The summed E-state index contributed by atoms with van der Waals surface area (Å²) in [5.74, 6) is -0.741. The van der Waals surface area contributed by atoms with Gasteiger partial charge >= 0.3 is 0 Å². The maximum atomic E-state index is 14.1. The van der Waals surface area contributed by atoms with Gasteiger partial charge in [-0.25, -0.2) is 4.39 Å². The number of benzene rings is 2. The zero-order valence-corrected chi connectivity index (χ0v) is 17.7. The van der Waals surface area contributed by atoms with Crippen LogP contribution < -0.4 is 10.2 Å². The zero-order valence-electron chi connectivity index (χ0n) is 17.7. The number of hydrogen-bond acceptors (Lipinski definition) is 4. The largest absolute Gasteiger partial charge is 0.366 e. The normalized spacial score (nSPS) is 14.7. The molecule has 4 rings (SSSR count). The Labute approximate surface area is 186 Å². The van der Waals surface area contributed by atoms with Crippen molar-refractivity contribution in [3.63, 3.8) is 0 Å². The second kappa shape index (κ2) is 10.0. The molecule has 3 aromatic rings. The number of nitrogens with zero attached hydrogens (tertiary/aromatic N) is 3. The molecule has 0 unspecified atom stereocenters. The van der Waals surface area contributed by atoms with Crippen LogP contribution in [-0.4, -0.2) is 53.9 Å². The Bertz CT molecular complexity index is 1050. The number of halogens is 1. The van der Waals surface area contributed by atoms with E-state index in [1.54, 1.807) is 41.4 Å². The van der Waals surface area contributed by atoms with Crippen molar-refractivity contribution in [1.82, 2.24) is 15.2 Å². The minimum atomic E-state index is -0.704. The number of para-hydroxylation sites is 1. The van der Waals surface area contributed by atoms with Crippen molar-refractivity contribution in [2.24, 2.45) is 0 Å². The molecular weight excluding hydrogens is 407 g/mol. The highest BCUT2D eigenvalue weighted by Gasteiger charge is 2.29. The molecule has 6 nitrogen and oxygen atoms in total. The average Bonchev–Trinajstić information content (AvgIpc) is 2.85. The average molecular weight is 432 g/mol. The van der Waals surface area contributed by atoms with Gasteiger partial charge in [0.1, 0.15) is 11.9 Å². The van der Waals surface area contributed by atoms with E-state index in [1.807, 2.05) is 35.2 Å². The summed E-state index contributed by atoms with van der Waals surface area (Å²) in [5.41, 5.74) is 1.91. The molecule has 7 heteroatoms. The van der Waals surface area contributed by atoms with Crippen LogP contribution in [0.15, 0.2) is 79.1 Å². The molecule has 1 atom stereocenters. The molecule has 1 aliphatic heterocycles. The van der Waals surface area contributed by atoms with Gasteiger partial charge in [-0.2, -0.15) is 0 Å². The van der Waals surface area contributed by atoms with Crippen molar-refractivity contribution < 1.29 is 14.0 Å². The van der Waals surface area contributed by atoms with Gasteiger partial charge < -0.3 is 15.1 Å². The Morgan fingerprint density at radius 1 is 0.938 bits per heavy atom. The van der Waals surface area contributed by atoms with Crippen molar-refractivity contribution in [2.75, 3.05) is 31.1 Å². The number of carbonyl (C=O) groups excluding carboxylic acids is 2. The van der Waals surface area contributed by atoms with E-state index in [0.717, 1.165) is 5.56 Å². The monoisotopic (exact) mass is 432 g/mol. The number of carbonyl (C=O) groups is 2. The highest BCUT2D eigenvalue weighted by Crippen LogP contribution is 2.20. The van der Waals surface area contributed by atoms with Crippen LogP contribution in [0.3, 0.4) is 0 Å². The fourth-order valence-corrected chi connectivity index (χ4v) is 3.88. The predicted molar refractivity (Wildman–Crippen MR) is 121 cm³/mol. The minimum absolute atomic E-state index is 0.140. The highest BCUT2D eigenvalue weighted by molar-refractivity contribution is 5.97. The van der Waals surface area contributed by atoms with Gasteiger partial charge in [0.15, 0.2) is 0 Å².